The van der Waals surface area contributed by atoms with Gasteiger partial charge in [-0.1, -0.05) is 38.1 Å². The van der Waals surface area contributed by atoms with Gasteiger partial charge in [-0.05, 0) is 135 Å². The van der Waals surface area contributed by atoms with Crippen molar-refractivity contribution in [2.45, 2.75) is 107 Å². The fourth-order valence-electron chi connectivity index (χ4n) is 12.2. The molecule has 3 aromatic carbocycles. The number of fused-ring (bicyclic) bond motifs is 3. The van der Waals surface area contributed by atoms with Gasteiger partial charge in [-0.2, -0.15) is 4.98 Å². The number of carbonyl (C=O) groups is 1. The molecule has 0 unspecified atom stereocenters. The maximum absolute atomic E-state index is 14.7. The lowest BCUT2D eigenvalue weighted by Crippen LogP contribution is -2.55. The second-order valence-electron chi connectivity index (χ2n) is 20.4. The Morgan fingerprint density at radius 3 is 2.54 bits per heavy atom. The van der Waals surface area contributed by atoms with E-state index < -0.39 is 37.5 Å². The number of sulfonamides is 1. The standard InChI is InChI=1S/C52H62N8O8S/c1-33(2)39-6-3-4-7-40(39)43-8-5-20-58(43)37-29-52(30-37)17-21-57(22-18-52)36-9-11-41(45(27-36)59-44-16-25-67-32-48(44)68-51-47(59)26-35-13-19-53-49(35)55-51)50(61)56-69(64,65)38-10-12-42(46(28-38)60(62)63)54-31-34-14-23-66-24-15-34/h3-4,6-7,9-13,19,26-28,33-34,37,43-44,48,54H,5,8,14-18,20-25,29-32H2,1-2H3,(H,53,55)(H,56,61)/t43-,44+,48+/m0/s1. The first-order valence-electron chi connectivity index (χ1n) is 24.9. The Kier molecular flexibility index (Phi) is 12.3. The molecular formula is C52H62N8O8S. The smallest absolute Gasteiger partial charge is 0.293 e. The molecule has 0 bridgehead atoms. The molecule has 0 radical (unpaired) electrons. The third-order valence-corrected chi connectivity index (χ3v) is 17.3. The molecule has 6 aliphatic rings. The minimum absolute atomic E-state index is 0.133. The van der Waals surface area contributed by atoms with E-state index in [1.54, 1.807) is 6.07 Å². The summed E-state index contributed by atoms with van der Waals surface area (Å²) < 4.78 is 48.4. The van der Waals surface area contributed by atoms with Gasteiger partial charge >= 0.3 is 0 Å². The number of aromatic nitrogens is 2. The van der Waals surface area contributed by atoms with Crippen LogP contribution in [0.25, 0.3) is 11.0 Å². The van der Waals surface area contributed by atoms with E-state index in [9.17, 15) is 23.3 Å². The number of ether oxygens (including phenoxy) is 3. The number of piperidine rings is 1. The molecule has 69 heavy (non-hydrogen) atoms. The molecule has 3 N–H and O–H groups in total. The number of hydrogen-bond acceptors (Lipinski definition) is 13. The van der Waals surface area contributed by atoms with Gasteiger partial charge in [0.05, 0.1) is 33.7 Å². The summed E-state index contributed by atoms with van der Waals surface area (Å²) in [6, 6.07) is 23.1. The number of nitro benzene ring substituents is 1. The monoisotopic (exact) mass is 958 g/mol. The van der Waals surface area contributed by atoms with Crippen LogP contribution >= 0.6 is 0 Å². The van der Waals surface area contributed by atoms with E-state index in [0.29, 0.717) is 85.7 Å². The van der Waals surface area contributed by atoms with E-state index in [4.69, 9.17) is 19.2 Å². The second kappa shape index (κ2) is 18.5. The van der Waals surface area contributed by atoms with Crippen LogP contribution in [-0.2, 0) is 19.5 Å². The van der Waals surface area contributed by atoms with Crippen molar-refractivity contribution in [2.24, 2.45) is 11.3 Å². The van der Waals surface area contributed by atoms with Crippen molar-refractivity contribution in [1.29, 1.82) is 0 Å². The van der Waals surface area contributed by atoms with E-state index in [1.807, 2.05) is 30.5 Å². The highest BCUT2D eigenvalue weighted by Crippen LogP contribution is 2.55. The van der Waals surface area contributed by atoms with Gasteiger partial charge in [0.25, 0.3) is 21.6 Å². The predicted molar refractivity (Wildman–Crippen MR) is 264 cm³/mol. The number of benzene rings is 3. The Hall–Kier alpha value is -5.75. The maximum atomic E-state index is 14.7. The van der Waals surface area contributed by atoms with Crippen molar-refractivity contribution < 1.29 is 32.3 Å². The van der Waals surface area contributed by atoms with Crippen molar-refractivity contribution in [2.75, 3.05) is 67.7 Å². The molecule has 17 heteroatoms. The average Bonchev–Trinajstić information content (AvgIpc) is 4.03. The summed E-state index contributed by atoms with van der Waals surface area (Å²) in [5.41, 5.74) is 5.98. The third kappa shape index (κ3) is 8.80. The predicted octanol–water partition coefficient (Wildman–Crippen LogP) is 8.83. The zero-order valence-electron chi connectivity index (χ0n) is 39.4. The molecule has 1 aliphatic carbocycles. The highest BCUT2D eigenvalue weighted by Gasteiger charge is 2.50. The Morgan fingerprint density at radius 1 is 0.942 bits per heavy atom. The Morgan fingerprint density at radius 2 is 1.74 bits per heavy atom. The Labute approximate surface area is 403 Å². The van der Waals surface area contributed by atoms with Crippen molar-refractivity contribution in [3.05, 3.63) is 106 Å². The number of amides is 1. The molecule has 1 spiro atoms. The molecule has 16 nitrogen and oxygen atoms in total. The molecular weight excluding hydrogens is 897 g/mol. The van der Waals surface area contributed by atoms with Gasteiger partial charge in [0.2, 0.25) is 5.88 Å². The van der Waals surface area contributed by atoms with Crippen molar-refractivity contribution in [3.8, 4) is 5.88 Å². The summed E-state index contributed by atoms with van der Waals surface area (Å²) in [4.78, 5) is 41.3. The number of aromatic amines is 1. The van der Waals surface area contributed by atoms with Crippen molar-refractivity contribution in [1.82, 2.24) is 19.6 Å². The minimum Gasteiger partial charge on any atom is -0.468 e. The summed E-state index contributed by atoms with van der Waals surface area (Å²) >= 11 is 0. The van der Waals surface area contributed by atoms with Crippen LogP contribution in [0, 0.1) is 21.4 Å². The number of carbonyl (C=O) groups excluding carboxylic acids is 1. The highest BCUT2D eigenvalue weighted by atomic mass is 32.2. The summed E-state index contributed by atoms with van der Waals surface area (Å²) in [6.45, 7) is 10.00. The molecule has 3 atom stereocenters. The Balaban J connectivity index is 0.872. The summed E-state index contributed by atoms with van der Waals surface area (Å²) in [7, 11) is -4.59. The zero-order chi connectivity index (χ0) is 47.4. The van der Waals surface area contributed by atoms with Gasteiger partial charge in [-0.15, -0.1) is 0 Å². The molecule has 1 amide bonds. The number of H-pyrrole nitrogens is 1. The molecule has 1 saturated carbocycles. The SMILES string of the molecule is CC(C)c1ccccc1[C@@H]1CCCN1C1CC2(CCN(c3ccc(C(=O)NS(=O)(=O)c4ccc(NCC5CCOCC5)c([N+](=O)[O-])c4)c(N4c5cc6cc[nH]c6nc5O[C@@H]5COCC[C@H]54)c3)CC2)C1. The van der Waals surface area contributed by atoms with E-state index in [2.05, 4.69) is 67.8 Å². The van der Waals surface area contributed by atoms with Gasteiger partial charge in [-0.25, -0.2) is 13.1 Å². The maximum Gasteiger partial charge on any atom is 0.293 e. The topological polar surface area (TPSA) is 184 Å². The number of pyridine rings is 1. The number of nitrogens with zero attached hydrogens (tertiary/aromatic N) is 5. The number of rotatable bonds is 12. The lowest BCUT2D eigenvalue weighted by molar-refractivity contribution is -0.384. The van der Waals surface area contributed by atoms with Gasteiger partial charge in [-0.3, -0.25) is 19.8 Å². The van der Waals surface area contributed by atoms with Gasteiger partial charge in [0.15, 0.2) is 0 Å². The van der Waals surface area contributed by atoms with Crippen LogP contribution in [0.4, 0.5) is 28.4 Å². The first-order chi connectivity index (χ1) is 33.4. The molecule has 5 aromatic rings. The van der Waals surface area contributed by atoms with E-state index in [1.165, 1.54) is 48.9 Å². The molecule has 5 fully saturated rings. The van der Waals surface area contributed by atoms with E-state index in [-0.39, 0.29) is 23.2 Å². The fraction of sp³-hybridized carbons (Fsp3) is 0.500. The second-order valence-corrected chi connectivity index (χ2v) is 22.1. The largest absolute Gasteiger partial charge is 0.468 e. The molecule has 5 aliphatic heterocycles. The number of anilines is 4. The lowest BCUT2D eigenvalue weighted by Gasteiger charge is -2.56. The van der Waals surface area contributed by atoms with Crippen LogP contribution in [0.5, 0.6) is 5.88 Å². The van der Waals surface area contributed by atoms with Crippen LogP contribution in [0.1, 0.15) is 105 Å². The van der Waals surface area contributed by atoms with Crippen molar-refractivity contribution in [3.63, 3.8) is 0 Å². The normalized spacial score (nSPS) is 23.1. The summed E-state index contributed by atoms with van der Waals surface area (Å²) in [5, 5.41) is 16.3. The van der Waals surface area contributed by atoms with E-state index in [0.717, 1.165) is 62.5 Å². The molecule has 2 aromatic heterocycles. The van der Waals surface area contributed by atoms with Gasteiger partial charge in [0, 0.05) is 74.9 Å². The Bertz CT molecular complexity index is 2850. The van der Waals surface area contributed by atoms with Gasteiger partial charge in [0.1, 0.15) is 23.1 Å². The zero-order valence-corrected chi connectivity index (χ0v) is 40.2. The number of hydrogen-bond donors (Lipinski definition) is 3. The van der Waals surface area contributed by atoms with Crippen LogP contribution in [0.2, 0.25) is 0 Å². The number of nitro groups is 1. The summed E-state index contributed by atoms with van der Waals surface area (Å²) in [5.74, 6) is 0.286. The first-order valence-corrected chi connectivity index (χ1v) is 26.3. The molecule has 7 heterocycles. The van der Waals surface area contributed by atoms with Crippen LogP contribution < -0.4 is 24.6 Å². The van der Waals surface area contributed by atoms with Crippen LogP contribution in [0.15, 0.2) is 83.9 Å². The van der Waals surface area contributed by atoms with Crippen LogP contribution in [-0.4, -0.2) is 105 Å². The lowest BCUT2D eigenvalue weighted by atomic mass is 9.59. The molecule has 364 valence electrons. The molecule has 11 rings (SSSR count). The molecule has 4 saturated heterocycles. The van der Waals surface area contributed by atoms with Crippen LogP contribution in [0.3, 0.4) is 0 Å². The average molecular weight is 959 g/mol. The van der Waals surface area contributed by atoms with Gasteiger partial charge < -0.3 is 34.3 Å². The third-order valence-electron chi connectivity index (χ3n) is 16.0. The number of nitrogens with one attached hydrogen (secondary N) is 3. The highest BCUT2D eigenvalue weighted by molar-refractivity contribution is 7.90. The first kappa shape index (κ1) is 45.7. The minimum atomic E-state index is -4.59. The quantitative estimate of drug-likeness (QED) is 0.0797. The summed E-state index contributed by atoms with van der Waals surface area (Å²) in [6.07, 6.45) is 10.6. The number of likely N-dealkylation sites (tertiary alicyclic amines) is 1. The van der Waals surface area contributed by atoms with Crippen molar-refractivity contribution >= 4 is 55.4 Å². The van der Waals surface area contributed by atoms with E-state index >= 15 is 0 Å². The fourth-order valence-corrected chi connectivity index (χ4v) is 13.2.